The summed E-state index contributed by atoms with van der Waals surface area (Å²) in [6.07, 6.45) is 0.670. The lowest BCUT2D eigenvalue weighted by Gasteiger charge is -2.35. The normalized spacial score (nSPS) is 15.2. The minimum Gasteiger partial charge on any atom is -0.483 e. The number of carboxylic acid groups (broad SMARTS) is 1. The van der Waals surface area contributed by atoms with Crippen LogP contribution in [0.15, 0.2) is 30.3 Å². The second-order valence-electron chi connectivity index (χ2n) is 6.65. The molecule has 0 fully saturated rings. The van der Waals surface area contributed by atoms with Gasteiger partial charge in [-0.05, 0) is 19.4 Å². The van der Waals surface area contributed by atoms with Gasteiger partial charge < -0.3 is 20.7 Å². The molecule has 0 bridgehead atoms. The molecule has 1 amide bonds. The predicted octanol–water partition coefficient (Wildman–Crippen LogP) is 1.34. The number of aryl methyl sites for hydroxylation is 2. The third-order valence-electron chi connectivity index (χ3n) is 4.67. The number of nitrogen functional groups attached to an aromatic ring is 1. The van der Waals surface area contributed by atoms with Crippen LogP contribution in [0.25, 0.3) is 0 Å². The number of H-pyrrole nitrogens is 1. The summed E-state index contributed by atoms with van der Waals surface area (Å²) in [6.45, 7) is 4.60. The van der Waals surface area contributed by atoms with Crippen LogP contribution < -0.4 is 5.73 Å². The predicted molar refractivity (Wildman–Crippen MR) is 105 cm³/mol. The lowest BCUT2D eigenvalue weighted by atomic mass is 10.0. The number of nitrogens with one attached hydrogen (secondary N) is 1. The molecule has 4 rings (SSSR count). The van der Waals surface area contributed by atoms with Gasteiger partial charge in [0, 0.05) is 18.7 Å². The largest absolute Gasteiger partial charge is 0.483 e. The average Bonchev–Trinajstić information content (AvgIpc) is 3.24. The van der Waals surface area contributed by atoms with Crippen LogP contribution >= 0.6 is 0 Å². The first kappa shape index (κ1) is 20.1. The van der Waals surface area contributed by atoms with Crippen molar-refractivity contribution in [3.8, 4) is 0 Å². The molecule has 2 aromatic heterocycles. The lowest BCUT2D eigenvalue weighted by Crippen LogP contribution is -2.44. The third kappa shape index (κ3) is 4.26. The van der Waals surface area contributed by atoms with Crippen LogP contribution in [0.5, 0.6) is 0 Å². The number of imidazole rings is 1. The van der Waals surface area contributed by atoms with Gasteiger partial charge in [0.25, 0.3) is 12.4 Å². The molecule has 0 aliphatic carbocycles. The average molecular weight is 397 g/mol. The van der Waals surface area contributed by atoms with Gasteiger partial charge in [0.1, 0.15) is 11.6 Å². The monoisotopic (exact) mass is 397 g/mol. The Hall–Kier alpha value is -3.69. The molecule has 0 saturated heterocycles. The highest BCUT2D eigenvalue weighted by atomic mass is 16.3. The molecule has 152 valence electrons. The number of rotatable bonds is 3. The molecule has 1 aliphatic heterocycles. The molecule has 0 radical (unpaired) electrons. The van der Waals surface area contributed by atoms with Crippen molar-refractivity contribution in [2.75, 3.05) is 12.3 Å². The van der Waals surface area contributed by atoms with E-state index in [1.807, 2.05) is 34.7 Å². The summed E-state index contributed by atoms with van der Waals surface area (Å²) in [6, 6.07) is 9.90. The number of hydrogen-bond donors (Lipinski definition) is 3. The zero-order valence-electron chi connectivity index (χ0n) is 16.2. The SMILES string of the molecule is Cc1nc2n(n1)CCN(C(=O)c1nc(N)[nH]c1C)[C@H]2Cc1ccccc1.O=CO. The number of nitrogens with two attached hydrogens (primary N) is 1. The molecule has 1 aliphatic rings. The Kier molecular flexibility index (Phi) is 5.91. The van der Waals surface area contributed by atoms with Crippen molar-refractivity contribution < 1.29 is 14.7 Å². The van der Waals surface area contributed by atoms with Crippen molar-refractivity contribution in [1.82, 2.24) is 29.6 Å². The van der Waals surface area contributed by atoms with Gasteiger partial charge in [-0.25, -0.2) is 14.6 Å². The fourth-order valence-electron chi connectivity index (χ4n) is 3.49. The summed E-state index contributed by atoms with van der Waals surface area (Å²) in [7, 11) is 0. The van der Waals surface area contributed by atoms with Gasteiger partial charge in [-0.1, -0.05) is 30.3 Å². The van der Waals surface area contributed by atoms with Crippen LogP contribution in [0, 0.1) is 13.8 Å². The van der Waals surface area contributed by atoms with Gasteiger partial charge in [-0.3, -0.25) is 9.59 Å². The van der Waals surface area contributed by atoms with E-state index < -0.39 is 0 Å². The van der Waals surface area contributed by atoms with Crippen LogP contribution in [0.2, 0.25) is 0 Å². The maximum Gasteiger partial charge on any atom is 0.290 e. The van der Waals surface area contributed by atoms with E-state index in [0.717, 1.165) is 11.4 Å². The highest BCUT2D eigenvalue weighted by molar-refractivity contribution is 5.94. The molecule has 29 heavy (non-hydrogen) atoms. The van der Waals surface area contributed by atoms with Crippen LogP contribution in [-0.2, 0) is 17.8 Å². The molecule has 3 aromatic rings. The molecule has 1 atom stereocenters. The second kappa shape index (κ2) is 8.55. The first-order chi connectivity index (χ1) is 13.9. The van der Waals surface area contributed by atoms with Crippen molar-refractivity contribution >= 4 is 18.3 Å². The van der Waals surface area contributed by atoms with E-state index in [4.69, 9.17) is 15.6 Å². The zero-order chi connectivity index (χ0) is 21.0. The van der Waals surface area contributed by atoms with E-state index in [-0.39, 0.29) is 24.4 Å². The molecule has 4 N–H and O–H groups in total. The second-order valence-corrected chi connectivity index (χ2v) is 6.65. The van der Waals surface area contributed by atoms with Crippen molar-refractivity contribution in [3.05, 3.63) is 58.9 Å². The van der Waals surface area contributed by atoms with Gasteiger partial charge in [0.05, 0.1) is 12.6 Å². The van der Waals surface area contributed by atoms with Crippen LogP contribution in [0.3, 0.4) is 0 Å². The molecular weight excluding hydrogens is 374 g/mol. The highest BCUT2D eigenvalue weighted by Gasteiger charge is 2.35. The smallest absolute Gasteiger partial charge is 0.290 e. The number of amides is 1. The number of nitrogens with zero attached hydrogens (tertiary/aromatic N) is 5. The molecule has 0 saturated carbocycles. The molecule has 0 spiro atoms. The summed E-state index contributed by atoms with van der Waals surface area (Å²) in [5, 5.41) is 11.3. The summed E-state index contributed by atoms with van der Waals surface area (Å²) in [4.78, 5) is 35.0. The van der Waals surface area contributed by atoms with E-state index >= 15 is 0 Å². The number of aromatic amines is 1. The Labute approximate surface area is 167 Å². The Morgan fingerprint density at radius 2 is 1.97 bits per heavy atom. The van der Waals surface area contributed by atoms with E-state index in [0.29, 0.717) is 36.7 Å². The number of benzene rings is 1. The summed E-state index contributed by atoms with van der Waals surface area (Å²) in [5.41, 5.74) is 7.90. The maximum absolute atomic E-state index is 13.2. The molecule has 3 heterocycles. The van der Waals surface area contributed by atoms with E-state index in [1.54, 1.807) is 6.92 Å². The number of hydrogen-bond acceptors (Lipinski definition) is 6. The Bertz CT molecular complexity index is 997. The van der Waals surface area contributed by atoms with E-state index in [9.17, 15) is 4.79 Å². The van der Waals surface area contributed by atoms with Crippen LogP contribution in [0.1, 0.15) is 39.4 Å². The van der Waals surface area contributed by atoms with Crippen molar-refractivity contribution in [1.29, 1.82) is 0 Å². The Balaban J connectivity index is 0.000000755. The van der Waals surface area contributed by atoms with E-state index in [2.05, 4.69) is 32.2 Å². The van der Waals surface area contributed by atoms with E-state index in [1.165, 1.54) is 0 Å². The van der Waals surface area contributed by atoms with Crippen molar-refractivity contribution in [3.63, 3.8) is 0 Å². The summed E-state index contributed by atoms with van der Waals surface area (Å²) < 4.78 is 1.90. The molecule has 10 nitrogen and oxygen atoms in total. The van der Waals surface area contributed by atoms with Crippen LogP contribution in [-0.4, -0.2) is 53.7 Å². The minimum absolute atomic E-state index is 0.136. The quantitative estimate of drug-likeness (QED) is 0.566. The topological polar surface area (TPSA) is 143 Å². The van der Waals surface area contributed by atoms with Gasteiger partial charge in [0.15, 0.2) is 11.6 Å². The molecule has 1 aromatic carbocycles. The van der Waals surface area contributed by atoms with Gasteiger partial charge in [-0.15, -0.1) is 0 Å². The standard InChI is InChI=1S/C18H21N7O.CH2O2/c1-11-15(22-18(19)20-11)17(26)24-8-9-25-16(21-12(2)23-25)14(24)10-13-6-4-3-5-7-13;2-1-3/h3-7,14H,8-10H2,1-2H3,(H3,19,20,22);1H,(H,2,3)/t14-;/m0./s1. The maximum atomic E-state index is 13.2. The minimum atomic E-state index is -0.250. The third-order valence-corrected chi connectivity index (χ3v) is 4.67. The number of carbonyl (C=O) groups is 2. The molecule has 0 unspecified atom stereocenters. The van der Waals surface area contributed by atoms with Crippen LogP contribution in [0.4, 0.5) is 5.95 Å². The van der Waals surface area contributed by atoms with Gasteiger partial charge >= 0.3 is 0 Å². The van der Waals surface area contributed by atoms with Gasteiger partial charge in [0.2, 0.25) is 0 Å². The number of carbonyl (C=O) groups excluding carboxylic acids is 1. The first-order valence-corrected chi connectivity index (χ1v) is 9.10. The Morgan fingerprint density at radius 1 is 1.28 bits per heavy atom. The van der Waals surface area contributed by atoms with Gasteiger partial charge in [-0.2, -0.15) is 5.10 Å². The fourth-order valence-corrected chi connectivity index (χ4v) is 3.49. The number of fused-ring (bicyclic) bond motifs is 1. The summed E-state index contributed by atoms with van der Waals surface area (Å²) in [5.74, 6) is 1.64. The molecular formula is C19H23N7O3. The lowest BCUT2D eigenvalue weighted by molar-refractivity contribution is -0.122. The van der Waals surface area contributed by atoms with Crippen molar-refractivity contribution in [2.45, 2.75) is 32.9 Å². The zero-order valence-corrected chi connectivity index (χ0v) is 16.2. The fraction of sp³-hybridized carbons (Fsp3) is 0.316. The highest BCUT2D eigenvalue weighted by Crippen LogP contribution is 2.29. The number of anilines is 1. The summed E-state index contributed by atoms with van der Waals surface area (Å²) >= 11 is 0. The first-order valence-electron chi connectivity index (χ1n) is 9.10. The molecule has 10 heteroatoms. The van der Waals surface area contributed by atoms with Crippen molar-refractivity contribution in [2.24, 2.45) is 0 Å². The Morgan fingerprint density at radius 3 is 2.59 bits per heavy atom. The number of aromatic nitrogens is 5.